The summed E-state index contributed by atoms with van der Waals surface area (Å²) in [5.74, 6) is 0. The molecule has 0 atom stereocenters. The van der Waals surface area contributed by atoms with Gasteiger partial charge in [-0.1, -0.05) is 12.1 Å². The fourth-order valence-corrected chi connectivity index (χ4v) is 2.35. The van der Waals surface area contributed by atoms with Gasteiger partial charge in [-0.25, -0.2) is 4.99 Å². The normalized spacial score (nSPS) is 13.4. The molecule has 0 unspecified atom stereocenters. The van der Waals surface area contributed by atoms with Gasteiger partial charge in [0.25, 0.3) is 6.02 Å². The summed E-state index contributed by atoms with van der Waals surface area (Å²) in [6, 6.07) is 9.48. The van der Waals surface area contributed by atoms with Crippen molar-refractivity contribution in [2.75, 3.05) is 23.5 Å². The lowest BCUT2D eigenvalue weighted by atomic mass is 10.2. The summed E-state index contributed by atoms with van der Waals surface area (Å²) in [5.41, 5.74) is 1.90. The van der Waals surface area contributed by atoms with Crippen LogP contribution in [-0.4, -0.2) is 29.2 Å². The summed E-state index contributed by atoms with van der Waals surface area (Å²) in [5, 5.41) is 14.4. The average molecular weight is 313 g/mol. The molecule has 0 spiro atoms. The second-order valence-corrected chi connectivity index (χ2v) is 4.73. The van der Waals surface area contributed by atoms with Gasteiger partial charge in [-0.15, -0.1) is 0 Å². The van der Waals surface area contributed by atoms with Crippen molar-refractivity contribution in [1.29, 1.82) is 0 Å². The number of nitro groups is 1. The van der Waals surface area contributed by atoms with E-state index < -0.39 is 4.92 Å². The zero-order valence-electron chi connectivity index (χ0n) is 12.5. The lowest BCUT2D eigenvalue weighted by Crippen LogP contribution is -2.18. The van der Waals surface area contributed by atoms with Crippen molar-refractivity contribution in [2.24, 2.45) is 4.99 Å². The van der Waals surface area contributed by atoms with Gasteiger partial charge in [0.2, 0.25) is 0 Å². The van der Waals surface area contributed by atoms with E-state index in [0.717, 1.165) is 11.4 Å². The van der Waals surface area contributed by atoms with E-state index in [4.69, 9.17) is 4.74 Å². The molecule has 0 fully saturated rings. The van der Waals surface area contributed by atoms with Crippen molar-refractivity contribution in [3.8, 4) is 0 Å². The number of anilines is 3. The number of nitrogens with one attached hydrogen (secondary N) is 1. The first-order valence-corrected chi connectivity index (χ1v) is 7.10. The predicted molar refractivity (Wildman–Crippen MR) is 87.0 cm³/mol. The van der Waals surface area contributed by atoms with Gasteiger partial charge in [0, 0.05) is 6.20 Å². The molecule has 8 nitrogen and oxygen atoms in total. The summed E-state index contributed by atoms with van der Waals surface area (Å²) >= 11 is 0. The Hall–Kier alpha value is -3.16. The van der Waals surface area contributed by atoms with E-state index in [-0.39, 0.29) is 12.4 Å². The monoisotopic (exact) mass is 313 g/mol. The lowest BCUT2D eigenvalue weighted by molar-refractivity contribution is -0.384. The summed E-state index contributed by atoms with van der Waals surface area (Å²) in [6.07, 6.45) is 2.76. The number of hydrogen-bond donors (Lipinski definition) is 1. The first kappa shape index (κ1) is 14.8. The molecule has 3 rings (SSSR count). The number of pyridine rings is 1. The van der Waals surface area contributed by atoms with Crippen molar-refractivity contribution in [2.45, 2.75) is 6.92 Å². The Morgan fingerprint density at radius 3 is 2.96 bits per heavy atom. The van der Waals surface area contributed by atoms with Crippen LogP contribution in [0.2, 0.25) is 0 Å². The summed E-state index contributed by atoms with van der Waals surface area (Å²) < 4.78 is 5.45. The third kappa shape index (κ3) is 2.91. The number of fused-ring (bicyclic) bond motifs is 1. The molecule has 0 radical (unpaired) electrons. The van der Waals surface area contributed by atoms with Gasteiger partial charge in [-0.05, 0) is 25.1 Å². The largest absolute Gasteiger partial charge is 0.465 e. The maximum atomic E-state index is 11.3. The van der Waals surface area contributed by atoms with Crippen LogP contribution in [0.3, 0.4) is 0 Å². The van der Waals surface area contributed by atoms with Crippen LogP contribution in [0.4, 0.5) is 22.7 Å². The van der Waals surface area contributed by atoms with Gasteiger partial charge < -0.3 is 15.0 Å². The molecule has 8 heteroatoms. The predicted octanol–water partition coefficient (Wildman–Crippen LogP) is 2.90. The van der Waals surface area contributed by atoms with E-state index in [2.05, 4.69) is 15.3 Å². The first-order valence-electron chi connectivity index (χ1n) is 7.10. The highest BCUT2D eigenvalue weighted by atomic mass is 16.6. The molecule has 0 bridgehead atoms. The Labute approximate surface area is 132 Å². The number of benzene rings is 1. The molecule has 0 aliphatic carbocycles. The number of ether oxygens (including phenoxy) is 1. The first-order chi connectivity index (χ1) is 11.2. The van der Waals surface area contributed by atoms with Crippen molar-refractivity contribution in [3.05, 3.63) is 52.8 Å². The second kappa shape index (κ2) is 6.30. The minimum absolute atomic E-state index is 0.0719. The summed E-state index contributed by atoms with van der Waals surface area (Å²) in [4.78, 5) is 20.8. The highest BCUT2D eigenvalue weighted by Crippen LogP contribution is 2.37. The summed E-state index contributed by atoms with van der Waals surface area (Å²) in [6.45, 7) is 2.54. The van der Waals surface area contributed by atoms with Gasteiger partial charge >= 0.3 is 5.69 Å². The number of hydrogen-bond acceptors (Lipinski definition) is 7. The molecule has 0 amide bonds. The van der Waals surface area contributed by atoms with Crippen LogP contribution in [0.5, 0.6) is 0 Å². The standard InChI is InChI=1S/C15H15N5O3/c1-2-23-15-17-10-19(12-6-4-3-5-11(12)18-15)13-7-8-16-9-14(13)20(21)22/h3-9H,2,10H2,1H3,(H,17,18). The molecule has 118 valence electrons. The van der Waals surface area contributed by atoms with Crippen molar-refractivity contribution in [3.63, 3.8) is 0 Å². The molecule has 0 saturated carbocycles. The molecule has 23 heavy (non-hydrogen) atoms. The second-order valence-electron chi connectivity index (χ2n) is 4.73. The van der Waals surface area contributed by atoms with Crippen LogP contribution in [0.15, 0.2) is 47.7 Å². The molecule has 2 heterocycles. The van der Waals surface area contributed by atoms with Crippen LogP contribution >= 0.6 is 0 Å². The Morgan fingerprint density at radius 2 is 2.17 bits per heavy atom. The summed E-state index contributed by atoms with van der Waals surface area (Å²) in [7, 11) is 0. The van der Waals surface area contributed by atoms with Crippen LogP contribution < -0.4 is 10.2 Å². The Bertz CT molecular complexity index is 762. The molecule has 1 aromatic heterocycles. The van der Waals surface area contributed by atoms with Crippen LogP contribution in [0, 0.1) is 10.1 Å². The average Bonchev–Trinajstić information content (AvgIpc) is 2.74. The molecular formula is C15H15N5O3. The van der Waals surface area contributed by atoms with Gasteiger partial charge in [-0.2, -0.15) is 0 Å². The number of amidine groups is 1. The van der Waals surface area contributed by atoms with E-state index in [9.17, 15) is 10.1 Å². The van der Waals surface area contributed by atoms with Gasteiger partial charge in [0.05, 0.1) is 22.9 Å². The lowest BCUT2D eigenvalue weighted by Gasteiger charge is -2.22. The fourth-order valence-electron chi connectivity index (χ4n) is 2.35. The molecule has 2 aromatic rings. The SMILES string of the molecule is CCOC1=NCN(c2ccncc2[N+](=O)[O-])c2ccccc2N1. The number of aromatic nitrogens is 1. The van der Waals surface area contributed by atoms with Crippen LogP contribution in [0.25, 0.3) is 0 Å². The highest BCUT2D eigenvalue weighted by Gasteiger charge is 2.24. The van der Waals surface area contributed by atoms with Gasteiger partial charge in [0.1, 0.15) is 18.6 Å². The molecule has 1 aliphatic heterocycles. The van der Waals surface area contributed by atoms with Gasteiger partial charge in [0.15, 0.2) is 0 Å². The topological polar surface area (TPSA) is 92.9 Å². The molecule has 1 N–H and O–H groups in total. The zero-order valence-corrected chi connectivity index (χ0v) is 12.5. The third-order valence-electron chi connectivity index (χ3n) is 3.34. The number of aliphatic imine (C=N–C) groups is 1. The van der Waals surface area contributed by atoms with E-state index in [1.807, 2.05) is 31.2 Å². The van der Waals surface area contributed by atoms with E-state index in [1.165, 1.54) is 12.4 Å². The fraction of sp³-hybridized carbons (Fsp3) is 0.200. The minimum atomic E-state index is -0.448. The van der Waals surface area contributed by atoms with Crippen LogP contribution in [0.1, 0.15) is 6.92 Å². The van der Waals surface area contributed by atoms with Crippen molar-refractivity contribution in [1.82, 2.24) is 4.98 Å². The van der Waals surface area contributed by atoms with E-state index in [0.29, 0.717) is 18.3 Å². The van der Waals surface area contributed by atoms with Crippen molar-refractivity contribution >= 4 is 28.8 Å². The zero-order chi connectivity index (χ0) is 16.2. The maximum Gasteiger partial charge on any atom is 0.311 e. The Morgan fingerprint density at radius 1 is 1.35 bits per heavy atom. The molecule has 1 aliphatic rings. The number of para-hydroxylation sites is 2. The third-order valence-corrected chi connectivity index (χ3v) is 3.34. The smallest absolute Gasteiger partial charge is 0.311 e. The Kier molecular flexibility index (Phi) is 4.05. The quantitative estimate of drug-likeness (QED) is 0.692. The highest BCUT2D eigenvalue weighted by molar-refractivity contribution is 5.96. The molecule has 0 saturated heterocycles. The Balaban J connectivity index is 2.10. The van der Waals surface area contributed by atoms with E-state index >= 15 is 0 Å². The molecular weight excluding hydrogens is 298 g/mol. The minimum Gasteiger partial charge on any atom is -0.465 e. The van der Waals surface area contributed by atoms with Crippen LogP contribution in [-0.2, 0) is 4.74 Å². The van der Waals surface area contributed by atoms with E-state index in [1.54, 1.807) is 11.0 Å². The molecule has 1 aromatic carbocycles. The number of nitrogens with zero attached hydrogens (tertiary/aromatic N) is 4. The van der Waals surface area contributed by atoms with Gasteiger partial charge in [-0.3, -0.25) is 15.1 Å². The number of rotatable bonds is 3. The maximum absolute atomic E-state index is 11.3. The van der Waals surface area contributed by atoms with Crippen molar-refractivity contribution < 1.29 is 9.66 Å².